The normalized spacial score (nSPS) is 12.2. The number of aromatic nitrogens is 4. The van der Waals surface area contributed by atoms with Crippen molar-refractivity contribution in [3.63, 3.8) is 0 Å². The molecule has 0 aliphatic carbocycles. The van der Waals surface area contributed by atoms with E-state index in [0.717, 1.165) is 33.4 Å². The van der Waals surface area contributed by atoms with E-state index in [4.69, 9.17) is 4.98 Å². The third-order valence-corrected chi connectivity index (χ3v) is 6.31. The zero-order chi connectivity index (χ0) is 22.1. The molecule has 0 bridgehead atoms. The lowest BCUT2D eigenvalue weighted by Crippen LogP contribution is -2.32. The fraction of sp³-hybridized carbons (Fsp3) is 0.120. The van der Waals surface area contributed by atoms with E-state index in [1.165, 1.54) is 11.8 Å². The minimum Gasteiger partial charge on any atom is -0.327 e. The van der Waals surface area contributed by atoms with Crippen molar-refractivity contribution in [1.82, 2.24) is 19.7 Å². The molecule has 0 spiro atoms. The van der Waals surface area contributed by atoms with Gasteiger partial charge < -0.3 is 4.57 Å². The first-order chi connectivity index (χ1) is 15.6. The van der Waals surface area contributed by atoms with Crippen LogP contribution < -0.4 is 4.90 Å². The van der Waals surface area contributed by atoms with E-state index in [1.807, 2.05) is 103 Å². The lowest BCUT2D eigenvalue weighted by molar-refractivity contribution is -0.117. The second-order valence-electron chi connectivity index (χ2n) is 7.45. The first-order valence-electron chi connectivity index (χ1n) is 10.3. The average Bonchev–Trinajstić information content (AvgIpc) is 3.12. The molecule has 158 valence electrons. The lowest BCUT2D eigenvalue weighted by atomic mass is 10.2. The summed E-state index contributed by atoms with van der Waals surface area (Å²) >= 11 is 1.31. The second kappa shape index (κ2) is 8.43. The van der Waals surface area contributed by atoms with E-state index >= 15 is 0 Å². The van der Waals surface area contributed by atoms with Crippen LogP contribution in [-0.2, 0) is 11.8 Å². The molecule has 1 unspecified atom stereocenters. The highest BCUT2D eigenvalue weighted by molar-refractivity contribution is 8.00. The van der Waals surface area contributed by atoms with Crippen molar-refractivity contribution in [2.45, 2.75) is 17.3 Å². The number of thioether (sulfide) groups is 1. The van der Waals surface area contributed by atoms with Gasteiger partial charge in [0, 0.05) is 23.8 Å². The van der Waals surface area contributed by atoms with Crippen LogP contribution in [0.15, 0.2) is 90.1 Å². The zero-order valence-corrected chi connectivity index (χ0v) is 18.5. The number of hydrogen-bond acceptors (Lipinski definition) is 5. The highest BCUT2D eigenvalue weighted by atomic mass is 32.2. The summed E-state index contributed by atoms with van der Waals surface area (Å²) in [6.45, 7) is 1.88. The monoisotopic (exact) mass is 439 g/mol. The van der Waals surface area contributed by atoms with Crippen molar-refractivity contribution in [3.05, 3.63) is 84.9 Å². The van der Waals surface area contributed by atoms with Gasteiger partial charge in [0.05, 0.1) is 10.8 Å². The molecule has 0 aliphatic rings. The number of nitrogens with zero attached hydrogens (tertiary/aromatic N) is 5. The van der Waals surface area contributed by atoms with Crippen LogP contribution >= 0.6 is 11.8 Å². The van der Waals surface area contributed by atoms with E-state index in [2.05, 4.69) is 10.2 Å². The van der Waals surface area contributed by atoms with Gasteiger partial charge in [-0.15, -0.1) is 10.2 Å². The first kappa shape index (κ1) is 20.2. The van der Waals surface area contributed by atoms with Crippen LogP contribution in [0.1, 0.15) is 6.92 Å². The number of carbonyl (C=O) groups is 1. The average molecular weight is 440 g/mol. The minimum absolute atomic E-state index is 0.0480. The molecule has 3 aromatic carbocycles. The maximum Gasteiger partial charge on any atom is 0.244 e. The van der Waals surface area contributed by atoms with Gasteiger partial charge in [-0.3, -0.25) is 9.69 Å². The summed E-state index contributed by atoms with van der Waals surface area (Å²) in [5, 5.41) is 9.82. The summed E-state index contributed by atoms with van der Waals surface area (Å²) in [7, 11) is 1.97. The molecule has 5 aromatic rings. The number of rotatable bonds is 5. The molecule has 0 radical (unpaired) electrons. The van der Waals surface area contributed by atoms with Gasteiger partial charge in [-0.25, -0.2) is 4.98 Å². The van der Waals surface area contributed by atoms with Crippen molar-refractivity contribution in [2.24, 2.45) is 7.05 Å². The van der Waals surface area contributed by atoms with Gasteiger partial charge in [-0.1, -0.05) is 66.4 Å². The number of benzene rings is 3. The molecule has 0 saturated heterocycles. The molecule has 1 amide bonds. The molecule has 0 fully saturated rings. The molecule has 0 aliphatic heterocycles. The van der Waals surface area contributed by atoms with E-state index in [0.29, 0.717) is 5.16 Å². The van der Waals surface area contributed by atoms with Crippen molar-refractivity contribution in [1.29, 1.82) is 0 Å². The van der Waals surface area contributed by atoms with Gasteiger partial charge in [0.15, 0.2) is 5.65 Å². The van der Waals surface area contributed by atoms with Crippen molar-refractivity contribution < 1.29 is 4.79 Å². The van der Waals surface area contributed by atoms with Gasteiger partial charge in [-0.2, -0.15) is 0 Å². The maximum absolute atomic E-state index is 13.5. The van der Waals surface area contributed by atoms with Crippen LogP contribution in [0.3, 0.4) is 0 Å². The highest BCUT2D eigenvalue weighted by Crippen LogP contribution is 2.31. The van der Waals surface area contributed by atoms with Gasteiger partial charge in [0.25, 0.3) is 0 Å². The van der Waals surface area contributed by atoms with Crippen molar-refractivity contribution >= 4 is 51.1 Å². The molecule has 5 rings (SSSR count). The SMILES string of the molecule is CC(Sc1nnc2c3ccccc3n(C)c2n1)C(=O)N(c1ccccc1)c1ccccc1. The molecular formula is C25H21N5OS. The van der Waals surface area contributed by atoms with Crippen LogP contribution in [0, 0.1) is 0 Å². The first-order valence-corrected chi connectivity index (χ1v) is 11.2. The number of anilines is 2. The Bertz CT molecular complexity index is 1360. The Kier molecular flexibility index (Phi) is 5.33. The van der Waals surface area contributed by atoms with Crippen LogP contribution in [0.25, 0.3) is 22.1 Å². The fourth-order valence-electron chi connectivity index (χ4n) is 3.79. The second-order valence-corrected chi connectivity index (χ2v) is 8.76. The van der Waals surface area contributed by atoms with Crippen LogP contribution in [0.2, 0.25) is 0 Å². The Morgan fingerprint density at radius 2 is 1.47 bits per heavy atom. The predicted octanol–water partition coefficient (Wildman–Crippen LogP) is 5.36. The smallest absolute Gasteiger partial charge is 0.244 e. The summed E-state index contributed by atoms with van der Waals surface area (Å²) in [6, 6.07) is 27.3. The standard InChI is InChI=1S/C25H21N5OS/c1-17(24(31)30(18-11-5-3-6-12-18)19-13-7-4-8-14-19)32-25-26-23-22(27-28-25)20-15-9-10-16-21(20)29(23)2/h3-17H,1-2H3. The minimum atomic E-state index is -0.413. The van der Waals surface area contributed by atoms with E-state index in [9.17, 15) is 4.79 Å². The Balaban J connectivity index is 1.47. The Morgan fingerprint density at radius 1 is 0.875 bits per heavy atom. The molecule has 0 N–H and O–H groups in total. The topological polar surface area (TPSA) is 63.9 Å². The quantitative estimate of drug-likeness (QED) is 0.345. The van der Waals surface area contributed by atoms with Gasteiger partial charge in [0.2, 0.25) is 11.1 Å². The number of aryl methyl sites for hydroxylation is 1. The molecular weight excluding hydrogens is 418 g/mol. The molecule has 2 aromatic heterocycles. The van der Waals surface area contributed by atoms with E-state index in [1.54, 1.807) is 4.90 Å². The van der Waals surface area contributed by atoms with Crippen molar-refractivity contribution in [3.8, 4) is 0 Å². The molecule has 1 atom stereocenters. The summed E-state index contributed by atoms with van der Waals surface area (Å²) in [5.74, 6) is -0.0480. The largest absolute Gasteiger partial charge is 0.327 e. The summed E-state index contributed by atoms with van der Waals surface area (Å²) in [5.41, 5.74) is 4.21. The Hall–Kier alpha value is -3.71. The zero-order valence-electron chi connectivity index (χ0n) is 17.7. The van der Waals surface area contributed by atoms with Gasteiger partial charge in [-0.05, 0) is 37.3 Å². The molecule has 6 nitrogen and oxygen atoms in total. The number of carbonyl (C=O) groups excluding carboxylic acids is 1. The van der Waals surface area contributed by atoms with Gasteiger partial charge >= 0.3 is 0 Å². The van der Waals surface area contributed by atoms with Crippen LogP contribution in [-0.4, -0.2) is 30.9 Å². The lowest BCUT2D eigenvalue weighted by Gasteiger charge is -2.25. The summed E-state index contributed by atoms with van der Waals surface area (Å²) < 4.78 is 2.01. The molecule has 0 saturated carbocycles. The number of amides is 1. The summed E-state index contributed by atoms with van der Waals surface area (Å²) in [6.07, 6.45) is 0. The fourth-order valence-corrected chi connectivity index (χ4v) is 4.54. The van der Waals surface area contributed by atoms with Crippen LogP contribution in [0.4, 0.5) is 11.4 Å². The number of para-hydroxylation sites is 3. The van der Waals surface area contributed by atoms with Crippen molar-refractivity contribution in [2.75, 3.05) is 4.90 Å². The third kappa shape index (κ3) is 3.61. The molecule has 32 heavy (non-hydrogen) atoms. The maximum atomic E-state index is 13.5. The van der Waals surface area contributed by atoms with Crippen LogP contribution in [0.5, 0.6) is 0 Å². The Morgan fingerprint density at radius 3 is 2.12 bits per heavy atom. The van der Waals surface area contributed by atoms with E-state index in [-0.39, 0.29) is 5.91 Å². The molecule has 7 heteroatoms. The Labute approximate surface area is 189 Å². The number of fused-ring (bicyclic) bond motifs is 3. The predicted molar refractivity (Wildman–Crippen MR) is 129 cm³/mol. The third-order valence-electron chi connectivity index (χ3n) is 5.37. The molecule has 2 heterocycles. The van der Waals surface area contributed by atoms with Gasteiger partial charge in [0.1, 0.15) is 5.52 Å². The number of hydrogen-bond donors (Lipinski definition) is 0. The summed E-state index contributed by atoms with van der Waals surface area (Å²) in [4.78, 5) is 20.0. The van der Waals surface area contributed by atoms with E-state index < -0.39 is 5.25 Å². The highest BCUT2D eigenvalue weighted by Gasteiger charge is 2.26.